The number of unbranched alkanes of at least 4 members (excludes halogenated alkanes) is 1. The standard InChI is InChI=1S/C88H123N23O23/c1-46(2)33-57(77(123)100-56(24-15-31-96-88(94)95)76(122)109-66(87(133)134)37-49-19-9-6-10-20-49)99-72(117)44-98-75(121)58(35-48-17-7-5-8-18-48)102-84(130)67(45-112)110-82(128)62(40-70(92)115)106-79(125)60(38-51-43-97-55-23-12-11-21-53(51)55)104-80(126)61(39-69(91)114)105-78(124)59(36-50-26-28-52(113)29-27-50)103-81(127)63(41-71(93)116)107-85(131)68-25-16-32-111(68)86(132)65(34-47(3)4)108-83(129)64(42-73(118)119)101-74(120)54(90)22-13-14-30-89/h5-12,17-21,23,26-29,43,46-47,54,56-68,97,112-113H,13-16,22,24-25,30-42,44-45,89-90H2,1-4H3,(H2,91,114)(H2,92,115)(H2,93,116)(H,98,121)(H,99,117)(H,100,123)(H,101,120)(H,102,130)(H,103,127)(H,104,126)(H,105,124)(H,106,125)(H,107,131)(H,108,129)(H,109,122)(H,110,128)(H,118,119)(H,133,134)(H4,94,95,96). The Morgan fingerprint density at radius 2 is 0.873 bits per heavy atom. The van der Waals surface area contributed by atoms with Crippen LogP contribution in [-0.2, 0) is 117 Å². The third kappa shape index (κ3) is 36.6. The largest absolute Gasteiger partial charge is 0.508 e. The Labute approximate surface area is 771 Å². The van der Waals surface area contributed by atoms with Crippen LogP contribution in [0.25, 0.3) is 10.9 Å². The number of H-pyrrole nitrogens is 1. The molecule has 1 aliphatic rings. The molecule has 46 nitrogen and oxygen atoms in total. The number of primary amides is 3. The summed E-state index contributed by atoms with van der Waals surface area (Å²) in [7, 11) is 0. The number of para-hydroxylation sites is 1. The van der Waals surface area contributed by atoms with Crippen LogP contribution in [0.1, 0.15) is 133 Å². The molecular formula is C88H123N23O23. The van der Waals surface area contributed by atoms with Gasteiger partial charge in [-0.2, -0.15) is 0 Å². The predicted molar refractivity (Wildman–Crippen MR) is 483 cm³/mol. The number of nitrogens with zero attached hydrogens (tertiary/aromatic N) is 2. The number of rotatable bonds is 57. The summed E-state index contributed by atoms with van der Waals surface area (Å²) < 4.78 is 0. The van der Waals surface area contributed by atoms with Crippen LogP contribution < -0.4 is 109 Å². The number of phenolic OH excluding ortho intramolecular Hbond substituents is 1. The van der Waals surface area contributed by atoms with E-state index in [-0.39, 0.29) is 100.0 Å². The molecule has 0 bridgehead atoms. The lowest BCUT2D eigenvalue weighted by atomic mass is 10.0. The fourth-order valence-corrected chi connectivity index (χ4v) is 14.6. The van der Waals surface area contributed by atoms with Gasteiger partial charge in [-0.25, -0.2) is 4.79 Å². The van der Waals surface area contributed by atoms with E-state index in [0.29, 0.717) is 47.0 Å². The number of aromatic hydroxyl groups is 1. The van der Waals surface area contributed by atoms with Crippen LogP contribution in [0.15, 0.2) is 120 Å². The maximum atomic E-state index is 15.0. The number of aliphatic hydroxyl groups is 1. The zero-order chi connectivity index (χ0) is 99.0. The summed E-state index contributed by atoms with van der Waals surface area (Å²) in [5, 5.41) is 72.8. The predicted octanol–water partition coefficient (Wildman–Crippen LogP) is -6.15. The molecular weight excluding hydrogens is 1750 g/mol. The highest BCUT2D eigenvalue weighted by atomic mass is 16.4. The van der Waals surface area contributed by atoms with E-state index in [9.17, 15) is 112 Å². The van der Waals surface area contributed by atoms with Gasteiger partial charge >= 0.3 is 11.9 Å². The molecule has 1 fully saturated rings. The summed E-state index contributed by atoms with van der Waals surface area (Å²) in [5.74, 6) is -22.9. The second-order valence-electron chi connectivity index (χ2n) is 33.2. The Kier molecular flexibility index (Phi) is 43.7. The molecule has 728 valence electrons. The molecule has 0 saturated carbocycles. The topological polar surface area (TPSA) is 775 Å². The zero-order valence-electron chi connectivity index (χ0n) is 74.7. The number of carbonyl (C=O) groups is 19. The number of carboxylic acid groups (broad SMARTS) is 2. The van der Waals surface area contributed by atoms with Gasteiger partial charge in [0.25, 0.3) is 0 Å². The lowest BCUT2D eigenvalue weighted by Gasteiger charge is -2.31. The van der Waals surface area contributed by atoms with Crippen LogP contribution in [0.5, 0.6) is 5.75 Å². The van der Waals surface area contributed by atoms with Gasteiger partial charge in [-0.3, -0.25) is 91.3 Å². The smallest absolute Gasteiger partial charge is 0.326 e. The number of aliphatic hydroxyl groups excluding tert-OH is 1. The second-order valence-corrected chi connectivity index (χ2v) is 33.2. The number of aromatic nitrogens is 1. The van der Waals surface area contributed by atoms with E-state index in [1.165, 1.54) is 30.5 Å². The number of carbonyl (C=O) groups excluding carboxylic acids is 17. The van der Waals surface area contributed by atoms with E-state index in [4.69, 9.17) is 40.1 Å². The Bertz CT molecular complexity index is 4960. The van der Waals surface area contributed by atoms with E-state index in [1.807, 2.05) is 0 Å². The highest BCUT2D eigenvalue weighted by molar-refractivity contribution is 6.03. The van der Waals surface area contributed by atoms with Crippen molar-refractivity contribution in [2.75, 3.05) is 32.8 Å². The maximum absolute atomic E-state index is 15.0. The normalized spacial score (nSPS) is 15.2. The number of nitrogens with two attached hydrogens (primary N) is 7. The van der Waals surface area contributed by atoms with Gasteiger partial charge in [0.15, 0.2) is 5.96 Å². The summed E-state index contributed by atoms with van der Waals surface area (Å²) in [5.41, 5.74) is 41.6. The average Bonchev–Trinajstić information content (AvgIpc) is 1.66. The SMILES string of the molecule is CC(C)CC(NC(=O)CNC(=O)C(Cc1ccccc1)NC(=O)C(CO)NC(=O)C(CC(N)=O)NC(=O)C(Cc1c[nH]c2ccccc12)NC(=O)C(CC(N)=O)NC(=O)C(Cc1ccc(O)cc1)NC(=O)C(CC(N)=O)NC(=O)C1CCCN1C(=O)C(CC(C)C)NC(=O)C(CC(=O)O)NC(=O)C(N)CCCCN)C(=O)NC(CCCN=C(N)N)C(=O)NC(Cc1ccccc1)C(=O)O. The van der Waals surface area contributed by atoms with E-state index >= 15 is 0 Å². The number of phenols is 1. The molecule has 46 heteroatoms. The third-order valence-electron chi connectivity index (χ3n) is 21.3. The molecule has 32 N–H and O–H groups in total. The maximum Gasteiger partial charge on any atom is 0.326 e. The van der Waals surface area contributed by atoms with Crippen LogP contribution in [0.3, 0.4) is 0 Å². The zero-order valence-corrected chi connectivity index (χ0v) is 74.7. The molecule has 4 aromatic carbocycles. The highest BCUT2D eigenvalue weighted by Gasteiger charge is 2.43. The minimum absolute atomic E-state index is 0.0139. The van der Waals surface area contributed by atoms with Gasteiger partial charge in [-0.05, 0) is 110 Å². The number of aliphatic carboxylic acids is 2. The molecule has 17 amide bonds. The molecule has 2 heterocycles. The van der Waals surface area contributed by atoms with Crippen molar-refractivity contribution in [2.24, 2.45) is 57.0 Å². The molecule has 1 saturated heterocycles. The van der Waals surface area contributed by atoms with Gasteiger partial charge < -0.3 is 140 Å². The Morgan fingerprint density at radius 3 is 1.39 bits per heavy atom. The van der Waals surface area contributed by atoms with Crippen molar-refractivity contribution in [2.45, 2.75) is 221 Å². The molecule has 0 radical (unpaired) electrons. The van der Waals surface area contributed by atoms with Crippen LogP contribution in [0, 0.1) is 11.8 Å². The Balaban J connectivity index is 1.21. The number of aliphatic imine (C=N–C) groups is 1. The molecule has 134 heavy (non-hydrogen) atoms. The third-order valence-corrected chi connectivity index (χ3v) is 21.3. The number of guanidine groups is 1. The monoisotopic (exact) mass is 1870 g/mol. The fraction of sp³-hybridized carbons (Fsp3) is 0.477. The van der Waals surface area contributed by atoms with Crippen molar-refractivity contribution >= 4 is 129 Å². The van der Waals surface area contributed by atoms with Gasteiger partial charge in [-0.1, -0.05) is 125 Å². The van der Waals surface area contributed by atoms with Gasteiger partial charge in [-0.15, -0.1) is 0 Å². The number of benzene rings is 4. The number of hydrogen-bond acceptors (Lipinski definition) is 24. The van der Waals surface area contributed by atoms with Crippen molar-refractivity contribution in [3.05, 3.63) is 138 Å². The van der Waals surface area contributed by atoms with Crippen LogP contribution >= 0.6 is 0 Å². The van der Waals surface area contributed by atoms with E-state index in [1.54, 1.807) is 113 Å². The van der Waals surface area contributed by atoms with Gasteiger partial charge in [0.2, 0.25) is 100 Å². The quantitative estimate of drug-likeness (QED) is 0.00978. The Hall–Kier alpha value is -14.7. The number of likely N-dealkylation sites (tertiary alicyclic amines) is 1. The number of fused-ring (bicyclic) bond motifs is 1. The second kappa shape index (κ2) is 54.2. The van der Waals surface area contributed by atoms with E-state index < -0.39 is 249 Å². The van der Waals surface area contributed by atoms with Crippen molar-refractivity contribution < 1.29 is 112 Å². The number of carboxylic acids is 2. The average molecular weight is 1870 g/mol. The molecule has 1 aromatic heterocycles. The minimum atomic E-state index is -2.08. The molecule has 0 spiro atoms. The van der Waals surface area contributed by atoms with Gasteiger partial charge in [0.05, 0.1) is 44.9 Å². The van der Waals surface area contributed by atoms with Gasteiger partial charge in [0.1, 0.15) is 84.3 Å². The first-order valence-corrected chi connectivity index (χ1v) is 43.6. The van der Waals surface area contributed by atoms with Crippen LogP contribution in [0.4, 0.5) is 0 Å². The molecule has 14 atom stereocenters. The number of aromatic amines is 1. The summed E-state index contributed by atoms with van der Waals surface area (Å²) in [6, 6.07) is 4.73. The van der Waals surface area contributed by atoms with Crippen molar-refractivity contribution in [1.29, 1.82) is 0 Å². The minimum Gasteiger partial charge on any atom is -0.508 e. The van der Waals surface area contributed by atoms with Crippen LogP contribution in [0.2, 0.25) is 0 Å². The number of amides is 17. The summed E-state index contributed by atoms with van der Waals surface area (Å²) in [4.78, 5) is 272. The summed E-state index contributed by atoms with van der Waals surface area (Å²) in [6.07, 6.45) is -2.77. The molecule has 14 unspecified atom stereocenters. The fourth-order valence-electron chi connectivity index (χ4n) is 14.6. The number of hydrogen-bond donors (Lipinski definition) is 25. The number of nitrogens with one attached hydrogen (secondary N) is 14. The highest BCUT2D eigenvalue weighted by Crippen LogP contribution is 2.24. The van der Waals surface area contributed by atoms with Crippen molar-refractivity contribution in [3.63, 3.8) is 0 Å². The Morgan fingerprint density at radius 1 is 0.448 bits per heavy atom. The van der Waals surface area contributed by atoms with E-state index in [2.05, 4.69) is 79.1 Å². The molecule has 1 aliphatic heterocycles. The molecule has 6 rings (SSSR count). The lowest BCUT2D eigenvalue weighted by molar-refractivity contribution is -0.144. The van der Waals surface area contributed by atoms with Crippen molar-refractivity contribution in [1.82, 2.24) is 79.0 Å². The molecule has 0 aliphatic carbocycles. The van der Waals surface area contributed by atoms with Crippen molar-refractivity contribution in [3.8, 4) is 5.75 Å². The first kappa shape index (κ1) is 108. The lowest BCUT2D eigenvalue weighted by Crippen LogP contribution is -2.62. The summed E-state index contributed by atoms with van der Waals surface area (Å²) in [6.45, 7) is 5.02. The first-order valence-electron chi connectivity index (χ1n) is 43.6. The van der Waals surface area contributed by atoms with Crippen LogP contribution in [-0.4, -0.2) is 266 Å². The molecule has 5 aromatic rings. The van der Waals surface area contributed by atoms with Gasteiger partial charge in [0, 0.05) is 55.9 Å². The summed E-state index contributed by atoms with van der Waals surface area (Å²) >= 11 is 0. The van der Waals surface area contributed by atoms with E-state index in [0.717, 1.165) is 4.90 Å². The first-order chi connectivity index (χ1) is 63.5.